The number of nitrogens with one attached hydrogen (secondary N) is 2. The number of esters is 1. The zero-order valence-electron chi connectivity index (χ0n) is 16.3. The molecule has 6 heteroatoms. The van der Waals surface area contributed by atoms with Gasteiger partial charge in [0.05, 0.1) is 0 Å². The lowest BCUT2D eigenvalue weighted by Gasteiger charge is -2.14. The number of carbonyl (C=O) groups is 3. The van der Waals surface area contributed by atoms with Gasteiger partial charge in [-0.25, -0.2) is 0 Å². The average Bonchev–Trinajstić information content (AvgIpc) is 2.73. The van der Waals surface area contributed by atoms with Crippen LogP contribution in [0.3, 0.4) is 0 Å². The van der Waals surface area contributed by atoms with Gasteiger partial charge in [0.15, 0.2) is 6.10 Å². The lowest BCUT2D eigenvalue weighted by Crippen LogP contribution is -2.35. The van der Waals surface area contributed by atoms with E-state index in [4.69, 9.17) is 4.74 Å². The minimum Gasteiger partial charge on any atom is -0.451 e. The Morgan fingerprint density at radius 2 is 1.62 bits per heavy atom. The molecule has 0 spiro atoms. The van der Waals surface area contributed by atoms with Gasteiger partial charge in [0.25, 0.3) is 11.8 Å². The van der Waals surface area contributed by atoms with Crippen LogP contribution >= 0.6 is 0 Å². The van der Waals surface area contributed by atoms with Crippen LogP contribution in [0.1, 0.15) is 22.8 Å². The van der Waals surface area contributed by atoms with E-state index in [0.717, 1.165) is 16.3 Å². The Morgan fingerprint density at radius 1 is 0.931 bits per heavy atom. The predicted octanol–water partition coefficient (Wildman–Crippen LogP) is 3.45. The van der Waals surface area contributed by atoms with Crippen molar-refractivity contribution in [2.45, 2.75) is 20.0 Å². The number of hydrogen-bond acceptors (Lipinski definition) is 4. The van der Waals surface area contributed by atoms with Crippen LogP contribution in [0, 0.1) is 6.92 Å². The van der Waals surface area contributed by atoms with Gasteiger partial charge in [-0.1, -0.05) is 48.0 Å². The molecule has 29 heavy (non-hydrogen) atoms. The number of carbonyl (C=O) groups excluding carboxylic acids is 3. The summed E-state index contributed by atoms with van der Waals surface area (Å²) in [6.07, 6.45) is -0.985. The van der Waals surface area contributed by atoms with Gasteiger partial charge in [-0.3, -0.25) is 14.4 Å². The zero-order chi connectivity index (χ0) is 20.8. The van der Waals surface area contributed by atoms with Gasteiger partial charge in [-0.15, -0.1) is 0 Å². The molecule has 3 aromatic carbocycles. The molecule has 1 atom stereocenters. The van der Waals surface area contributed by atoms with E-state index >= 15 is 0 Å². The van der Waals surface area contributed by atoms with Gasteiger partial charge in [0.2, 0.25) is 0 Å². The van der Waals surface area contributed by atoms with Crippen LogP contribution in [0.25, 0.3) is 10.8 Å². The third-order valence-corrected chi connectivity index (χ3v) is 4.40. The summed E-state index contributed by atoms with van der Waals surface area (Å²) < 4.78 is 5.10. The fourth-order valence-electron chi connectivity index (χ4n) is 2.76. The average molecular weight is 390 g/mol. The highest BCUT2D eigenvalue weighted by atomic mass is 16.5. The second-order valence-corrected chi connectivity index (χ2v) is 6.73. The zero-order valence-corrected chi connectivity index (χ0v) is 16.3. The first-order valence-electron chi connectivity index (χ1n) is 9.26. The normalized spacial score (nSPS) is 11.5. The van der Waals surface area contributed by atoms with Gasteiger partial charge in [-0.05, 0) is 48.9 Å². The molecule has 0 aliphatic carbocycles. The smallest absolute Gasteiger partial charge is 0.326 e. The Hall–Kier alpha value is -3.67. The van der Waals surface area contributed by atoms with Gasteiger partial charge >= 0.3 is 5.97 Å². The Labute approximate surface area is 168 Å². The van der Waals surface area contributed by atoms with Crippen LogP contribution in [-0.2, 0) is 14.3 Å². The Bertz CT molecular complexity index is 1040. The maximum Gasteiger partial charge on any atom is 0.326 e. The lowest BCUT2D eigenvalue weighted by molar-refractivity contribution is -0.152. The van der Waals surface area contributed by atoms with E-state index in [1.807, 2.05) is 49.4 Å². The van der Waals surface area contributed by atoms with E-state index in [2.05, 4.69) is 10.6 Å². The van der Waals surface area contributed by atoms with Crippen LogP contribution in [0.4, 0.5) is 5.69 Å². The predicted molar refractivity (Wildman–Crippen MR) is 112 cm³/mol. The van der Waals surface area contributed by atoms with Crippen LogP contribution < -0.4 is 10.6 Å². The first kappa shape index (κ1) is 20.1. The molecule has 2 amide bonds. The van der Waals surface area contributed by atoms with Crippen LogP contribution in [0.15, 0.2) is 66.7 Å². The molecule has 0 radical (unpaired) electrons. The fraction of sp³-hybridized carbons (Fsp3) is 0.174. The lowest BCUT2D eigenvalue weighted by atomic mass is 10.1. The first-order valence-corrected chi connectivity index (χ1v) is 9.26. The summed E-state index contributed by atoms with van der Waals surface area (Å²) in [4.78, 5) is 36.4. The molecule has 0 heterocycles. The number of amides is 2. The third-order valence-electron chi connectivity index (χ3n) is 4.40. The SMILES string of the molecule is Cc1ccc(NC(=O)[C@@H](C)OC(=O)CNC(=O)c2ccc3ccccc3c2)cc1. The van der Waals surface area contributed by atoms with Crippen molar-refractivity contribution >= 4 is 34.2 Å². The van der Waals surface area contributed by atoms with Crippen molar-refractivity contribution in [1.82, 2.24) is 5.32 Å². The molecule has 0 aliphatic heterocycles. The minimum atomic E-state index is -0.985. The summed E-state index contributed by atoms with van der Waals surface area (Å²) in [5.74, 6) is -1.52. The second-order valence-electron chi connectivity index (χ2n) is 6.73. The summed E-state index contributed by atoms with van der Waals surface area (Å²) >= 11 is 0. The molecular formula is C23H22N2O4. The summed E-state index contributed by atoms with van der Waals surface area (Å²) in [5, 5.41) is 7.16. The molecule has 0 saturated heterocycles. The molecule has 0 fully saturated rings. The maximum atomic E-state index is 12.3. The summed E-state index contributed by atoms with van der Waals surface area (Å²) in [7, 11) is 0. The highest BCUT2D eigenvalue weighted by Gasteiger charge is 2.18. The van der Waals surface area contributed by atoms with E-state index in [9.17, 15) is 14.4 Å². The molecule has 0 unspecified atom stereocenters. The molecule has 0 bridgehead atoms. The van der Waals surface area contributed by atoms with E-state index in [-0.39, 0.29) is 12.5 Å². The molecular weight excluding hydrogens is 368 g/mol. The number of aryl methyl sites for hydroxylation is 1. The van der Waals surface area contributed by atoms with Crippen molar-refractivity contribution in [1.29, 1.82) is 0 Å². The van der Waals surface area contributed by atoms with E-state index < -0.39 is 18.0 Å². The monoisotopic (exact) mass is 390 g/mol. The fourth-order valence-corrected chi connectivity index (χ4v) is 2.76. The number of rotatable bonds is 6. The van der Waals surface area contributed by atoms with Gasteiger partial charge in [-0.2, -0.15) is 0 Å². The molecule has 0 saturated carbocycles. The minimum absolute atomic E-state index is 0.326. The Balaban J connectivity index is 1.49. The summed E-state index contributed by atoms with van der Waals surface area (Å²) in [6, 6.07) is 20.3. The second kappa shape index (κ2) is 9.01. The van der Waals surface area contributed by atoms with Crippen LogP contribution in [0.2, 0.25) is 0 Å². The van der Waals surface area contributed by atoms with Crippen LogP contribution in [0.5, 0.6) is 0 Å². The van der Waals surface area contributed by atoms with Crippen molar-refractivity contribution < 1.29 is 19.1 Å². The standard InChI is InChI=1S/C23H22N2O4/c1-15-7-11-20(12-8-15)25-22(27)16(2)29-21(26)14-24-23(28)19-10-9-17-5-3-4-6-18(17)13-19/h3-13,16H,14H2,1-2H3,(H,24,28)(H,25,27)/t16-/m1/s1. The topological polar surface area (TPSA) is 84.5 Å². The number of ether oxygens (including phenoxy) is 1. The number of fused-ring (bicyclic) bond motifs is 1. The van der Waals surface area contributed by atoms with Crippen molar-refractivity contribution in [2.24, 2.45) is 0 Å². The molecule has 6 nitrogen and oxygen atoms in total. The highest BCUT2D eigenvalue weighted by Crippen LogP contribution is 2.15. The summed E-state index contributed by atoms with van der Waals surface area (Å²) in [5.41, 5.74) is 2.14. The maximum absolute atomic E-state index is 12.3. The van der Waals surface area contributed by atoms with Crippen LogP contribution in [-0.4, -0.2) is 30.4 Å². The summed E-state index contributed by atoms with van der Waals surface area (Å²) in [6.45, 7) is 3.10. The largest absolute Gasteiger partial charge is 0.451 e. The van der Waals surface area contributed by atoms with Gasteiger partial charge in [0.1, 0.15) is 6.54 Å². The molecule has 0 aliphatic rings. The number of benzene rings is 3. The molecule has 2 N–H and O–H groups in total. The molecule has 3 aromatic rings. The van der Waals surface area contributed by atoms with Crippen molar-refractivity contribution in [3.05, 3.63) is 77.9 Å². The van der Waals surface area contributed by atoms with Gasteiger partial charge in [0, 0.05) is 11.3 Å². The molecule has 0 aromatic heterocycles. The van der Waals surface area contributed by atoms with Crippen molar-refractivity contribution in [3.63, 3.8) is 0 Å². The number of hydrogen-bond donors (Lipinski definition) is 2. The van der Waals surface area contributed by atoms with Gasteiger partial charge < -0.3 is 15.4 Å². The Morgan fingerprint density at radius 3 is 2.34 bits per heavy atom. The van der Waals surface area contributed by atoms with Crippen molar-refractivity contribution in [3.8, 4) is 0 Å². The third kappa shape index (κ3) is 5.42. The molecule has 148 valence electrons. The van der Waals surface area contributed by atoms with E-state index in [1.54, 1.807) is 24.3 Å². The Kier molecular flexibility index (Phi) is 6.24. The highest BCUT2D eigenvalue weighted by molar-refractivity contribution is 6.00. The van der Waals surface area contributed by atoms with E-state index in [0.29, 0.717) is 11.3 Å². The number of anilines is 1. The van der Waals surface area contributed by atoms with E-state index in [1.165, 1.54) is 6.92 Å². The quantitative estimate of drug-likeness (QED) is 0.632. The molecule has 3 rings (SSSR count). The van der Waals surface area contributed by atoms with Crippen molar-refractivity contribution in [2.75, 3.05) is 11.9 Å². The first-order chi connectivity index (χ1) is 13.9.